The zero-order valence-corrected chi connectivity index (χ0v) is 11.0. The Bertz CT molecular complexity index is 779. The number of rotatable bonds is 3. The Balaban J connectivity index is 1.84. The monoisotopic (exact) mass is 285 g/mol. The van der Waals surface area contributed by atoms with E-state index in [9.17, 15) is 4.79 Å². The molecule has 106 valence electrons. The Labute approximate surface area is 119 Å². The zero-order valence-electron chi connectivity index (χ0n) is 11.0. The van der Waals surface area contributed by atoms with E-state index in [1.54, 1.807) is 25.1 Å². The molecule has 0 unspecified atom stereocenters. The largest absolute Gasteiger partial charge is 0.461 e. The van der Waals surface area contributed by atoms with Crippen molar-refractivity contribution >= 4 is 17.5 Å². The van der Waals surface area contributed by atoms with Crippen molar-refractivity contribution in [3.63, 3.8) is 0 Å². The van der Waals surface area contributed by atoms with E-state index in [-0.39, 0.29) is 11.4 Å². The standard InChI is InChI=1S/C13H11N5O3/c1-7-5-10(18-21-7)16-13(19)8-6-15-12(17-11(8)14)9-3-2-4-20-9/h2-6H,1H3,(H2,14,15,17)(H,16,18,19). The first-order valence-corrected chi connectivity index (χ1v) is 6.04. The molecule has 1 amide bonds. The third-order valence-electron chi connectivity index (χ3n) is 2.67. The molecule has 0 aromatic carbocycles. The third kappa shape index (κ3) is 2.59. The second kappa shape index (κ2) is 5.08. The van der Waals surface area contributed by atoms with Crippen LogP contribution < -0.4 is 11.1 Å². The molecule has 0 atom stereocenters. The lowest BCUT2D eigenvalue weighted by Gasteiger charge is -2.05. The molecule has 3 aromatic rings. The summed E-state index contributed by atoms with van der Waals surface area (Å²) in [6.07, 6.45) is 2.84. The number of nitrogens with two attached hydrogens (primary N) is 1. The molecule has 0 bridgehead atoms. The van der Waals surface area contributed by atoms with E-state index in [1.807, 2.05) is 0 Å². The number of carbonyl (C=O) groups excluding carboxylic acids is 1. The quantitative estimate of drug-likeness (QED) is 0.753. The molecule has 3 rings (SSSR count). The number of anilines is 2. The van der Waals surface area contributed by atoms with Crippen LogP contribution in [0.25, 0.3) is 11.6 Å². The van der Waals surface area contributed by atoms with Gasteiger partial charge in [0, 0.05) is 12.3 Å². The van der Waals surface area contributed by atoms with Crippen molar-refractivity contribution in [2.45, 2.75) is 6.92 Å². The van der Waals surface area contributed by atoms with Crippen LogP contribution in [0.15, 0.2) is 39.6 Å². The number of aromatic nitrogens is 3. The second-order valence-electron chi connectivity index (χ2n) is 4.25. The van der Waals surface area contributed by atoms with Crippen molar-refractivity contribution in [2.75, 3.05) is 11.1 Å². The maximum Gasteiger partial charge on any atom is 0.262 e. The van der Waals surface area contributed by atoms with Gasteiger partial charge in [0.1, 0.15) is 17.1 Å². The molecule has 3 heterocycles. The van der Waals surface area contributed by atoms with Gasteiger partial charge in [-0.3, -0.25) is 4.79 Å². The van der Waals surface area contributed by atoms with Gasteiger partial charge >= 0.3 is 0 Å². The Morgan fingerprint density at radius 3 is 2.90 bits per heavy atom. The summed E-state index contributed by atoms with van der Waals surface area (Å²) in [6, 6.07) is 5.00. The highest BCUT2D eigenvalue weighted by atomic mass is 16.5. The van der Waals surface area contributed by atoms with Gasteiger partial charge in [0.25, 0.3) is 5.91 Å². The molecule has 0 aliphatic rings. The van der Waals surface area contributed by atoms with Crippen molar-refractivity contribution in [1.29, 1.82) is 0 Å². The minimum atomic E-state index is -0.466. The van der Waals surface area contributed by atoms with Gasteiger partial charge in [-0.25, -0.2) is 9.97 Å². The smallest absolute Gasteiger partial charge is 0.262 e. The lowest BCUT2D eigenvalue weighted by molar-refractivity contribution is 0.102. The Kier molecular flexibility index (Phi) is 3.11. The molecule has 3 aromatic heterocycles. The molecule has 0 aliphatic carbocycles. The van der Waals surface area contributed by atoms with Crippen LogP contribution in [-0.2, 0) is 0 Å². The Hall–Kier alpha value is -3.16. The molecule has 0 saturated heterocycles. The topological polar surface area (TPSA) is 120 Å². The first kappa shape index (κ1) is 12.9. The first-order chi connectivity index (χ1) is 10.1. The van der Waals surface area contributed by atoms with Crippen molar-refractivity contribution in [3.05, 3.63) is 42.0 Å². The van der Waals surface area contributed by atoms with E-state index >= 15 is 0 Å². The molecule has 0 spiro atoms. The number of hydrogen-bond acceptors (Lipinski definition) is 7. The fraction of sp³-hybridized carbons (Fsp3) is 0.0769. The lowest BCUT2D eigenvalue weighted by Crippen LogP contribution is -2.16. The zero-order chi connectivity index (χ0) is 14.8. The average Bonchev–Trinajstić information content (AvgIpc) is 3.10. The van der Waals surface area contributed by atoms with Crippen LogP contribution in [0, 0.1) is 6.92 Å². The summed E-state index contributed by atoms with van der Waals surface area (Å²) in [5, 5.41) is 6.21. The Morgan fingerprint density at radius 2 is 2.29 bits per heavy atom. The van der Waals surface area contributed by atoms with E-state index < -0.39 is 5.91 Å². The number of nitrogen functional groups attached to an aromatic ring is 1. The van der Waals surface area contributed by atoms with E-state index in [2.05, 4.69) is 20.4 Å². The predicted octanol–water partition coefficient (Wildman–Crippen LogP) is 1.87. The van der Waals surface area contributed by atoms with E-state index in [0.29, 0.717) is 23.2 Å². The molecule has 0 radical (unpaired) electrons. The molecule has 8 nitrogen and oxygen atoms in total. The molecule has 3 N–H and O–H groups in total. The molecule has 0 aliphatic heterocycles. The van der Waals surface area contributed by atoms with Crippen molar-refractivity contribution < 1.29 is 13.7 Å². The molecule has 0 saturated carbocycles. The number of furan rings is 1. The summed E-state index contributed by atoms with van der Waals surface area (Å²) in [7, 11) is 0. The molecule has 8 heteroatoms. The van der Waals surface area contributed by atoms with Gasteiger partial charge < -0.3 is 20.0 Å². The van der Waals surface area contributed by atoms with Gasteiger partial charge in [0.05, 0.1) is 6.26 Å². The highest BCUT2D eigenvalue weighted by Gasteiger charge is 2.15. The second-order valence-corrected chi connectivity index (χ2v) is 4.25. The van der Waals surface area contributed by atoms with Crippen molar-refractivity contribution in [2.24, 2.45) is 0 Å². The third-order valence-corrected chi connectivity index (χ3v) is 2.67. The minimum absolute atomic E-state index is 0.0501. The summed E-state index contributed by atoms with van der Waals surface area (Å²) in [4.78, 5) is 20.2. The van der Waals surface area contributed by atoms with Crippen LogP contribution in [0.1, 0.15) is 16.1 Å². The maximum absolute atomic E-state index is 12.1. The number of nitrogens with zero attached hydrogens (tertiary/aromatic N) is 3. The minimum Gasteiger partial charge on any atom is -0.461 e. The molecular weight excluding hydrogens is 274 g/mol. The van der Waals surface area contributed by atoms with Crippen LogP contribution >= 0.6 is 0 Å². The molecular formula is C13H11N5O3. The number of carbonyl (C=O) groups is 1. The summed E-state index contributed by atoms with van der Waals surface area (Å²) in [6.45, 7) is 1.72. The average molecular weight is 285 g/mol. The van der Waals surface area contributed by atoms with E-state index in [4.69, 9.17) is 14.7 Å². The van der Waals surface area contributed by atoms with Gasteiger partial charge in [-0.15, -0.1) is 0 Å². The van der Waals surface area contributed by atoms with Gasteiger partial charge in [-0.05, 0) is 19.1 Å². The summed E-state index contributed by atoms with van der Waals surface area (Å²) < 4.78 is 10.0. The van der Waals surface area contributed by atoms with E-state index in [1.165, 1.54) is 12.5 Å². The number of hydrogen-bond donors (Lipinski definition) is 2. The summed E-state index contributed by atoms with van der Waals surface area (Å²) >= 11 is 0. The SMILES string of the molecule is Cc1cc(NC(=O)c2cnc(-c3ccco3)nc2N)no1. The predicted molar refractivity (Wildman–Crippen MR) is 73.3 cm³/mol. The highest BCUT2D eigenvalue weighted by Crippen LogP contribution is 2.18. The van der Waals surface area contributed by atoms with Gasteiger partial charge in [0.15, 0.2) is 17.4 Å². The van der Waals surface area contributed by atoms with Crippen LogP contribution in [0.5, 0.6) is 0 Å². The van der Waals surface area contributed by atoms with Crippen LogP contribution in [-0.4, -0.2) is 21.0 Å². The Morgan fingerprint density at radius 1 is 1.43 bits per heavy atom. The maximum atomic E-state index is 12.1. The summed E-state index contributed by atoms with van der Waals surface area (Å²) in [5.74, 6) is 1.25. The molecule has 21 heavy (non-hydrogen) atoms. The van der Waals surface area contributed by atoms with Crippen molar-refractivity contribution in [3.8, 4) is 11.6 Å². The van der Waals surface area contributed by atoms with Crippen molar-refractivity contribution in [1.82, 2.24) is 15.1 Å². The van der Waals surface area contributed by atoms with Crippen LogP contribution in [0.2, 0.25) is 0 Å². The van der Waals surface area contributed by atoms with Crippen LogP contribution in [0.3, 0.4) is 0 Å². The summed E-state index contributed by atoms with van der Waals surface area (Å²) in [5.41, 5.74) is 5.93. The van der Waals surface area contributed by atoms with E-state index in [0.717, 1.165) is 0 Å². The molecule has 0 fully saturated rings. The van der Waals surface area contributed by atoms with Gasteiger partial charge in [0.2, 0.25) is 0 Å². The first-order valence-electron chi connectivity index (χ1n) is 6.04. The normalized spacial score (nSPS) is 10.5. The number of amides is 1. The lowest BCUT2D eigenvalue weighted by atomic mass is 10.2. The highest BCUT2D eigenvalue weighted by molar-refractivity contribution is 6.06. The number of nitrogens with one attached hydrogen (secondary N) is 1. The number of aryl methyl sites for hydroxylation is 1. The fourth-order valence-corrected chi connectivity index (χ4v) is 1.70. The fourth-order valence-electron chi connectivity index (χ4n) is 1.70. The van der Waals surface area contributed by atoms with Crippen LogP contribution in [0.4, 0.5) is 11.6 Å². The van der Waals surface area contributed by atoms with Gasteiger partial charge in [-0.1, -0.05) is 5.16 Å². The van der Waals surface area contributed by atoms with Gasteiger partial charge in [-0.2, -0.15) is 0 Å².